The number of nitro groups is 1. The van der Waals surface area contributed by atoms with E-state index in [1.54, 1.807) is 44.2 Å². The molecule has 0 heterocycles. The molecule has 0 aliphatic rings. The smallest absolute Gasteiger partial charge is 0.308 e. The van der Waals surface area contributed by atoms with Crippen LogP contribution in [0.5, 0.6) is 0 Å². The van der Waals surface area contributed by atoms with Crippen LogP contribution in [0.25, 0.3) is 0 Å². The van der Waals surface area contributed by atoms with Gasteiger partial charge in [-0.1, -0.05) is 30.3 Å². The van der Waals surface area contributed by atoms with E-state index in [1.807, 2.05) is 0 Å². The van der Waals surface area contributed by atoms with Crippen LogP contribution in [0.1, 0.15) is 32.0 Å². The van der Waals surface area contributed by atoms with Gasteiger partial charge in [-0.05, 0) is 19.4 Å². The average molecular weight is 301 g/mol. The first-order chi connectivity index (χ1) is 9.46. The van der Waals surface area contributed by atoms with Gasteiger partial charge < -0.3 is 9.05 Å². The van der Waals surface area contributed by atoms with Crippen molar-refractivity contribution in [3.05, 3.63) is 46.0 Å². The van der Waals surface area contributed by atoms with Gasteiger partial charge in [-0.15, -0.1) is 0 Å². The number of hydrogen-bond acceptors (Lipinski definition) is 5. The molecule has 0 spiro atoms. The second-order valence-electron chi connectivity index (χ2n) is 4.26. The van der Waals surface area contributed by atoms with Crippen molar-refractivity contribution in [2.75, 3.05) is 13.2 Å². The van der Waals surface area contributed by atoms with Crippen molar-refractivity contribution in [2.45, 2.75) is 32.5 Å². The van der Waals surface area contributed by atoms with Crippen LogP contribution in [-0.2, 0) is 13.6 Å². The molecule has 1 aromatic carbocycles. The predicted octanol–water partition coefficient (Wildman–Crippen LogP) is 3.66. The molecule has 0 N–H and O–H groups in total. The maximum absolute atomic E-state index is 12.9. The summed E-state index contributed by atoms with van der Waals surface area (Å²) < 4.78 is 23.5. The lowest BCUT2D eigenvalue weighted by atomic mass is 10.1. The van der Waals surface area contributed by atoms with Crippen molar-refractivity contribution in [1.82, 2.24) is 0 Å². The molecular weight excluding hydrogens is 281 g/mol. The quantitative estimate of drug-likeness (QED) is 0.416. The highest BCUT2D eigenvalue weighted by Gasteiger charge is 2.46. The zero-order valence-electron chi connectivity index (χ0n) is 11.9. The van der Waals surface area contributed by atoms with Crippen LogP contribution in [0.3, 0.4) is 0 Å². The monoisotopic (exact) mass is 301 g/mol. The lowest BCUT2D eigenvalue weighted by molar-refractivity contribution is -0.518. The molecular formula is C13H20NO5P. The highest BCUT2D eigenvalue weighted by atomic mass is 31.2. The summed E-state index contributed by atoms with van der Waals surface area (Å²) in [4.78, 5) is 10.7. The maximum atomic E-state index is 12.9. The molecule has 2 unspecified atom stereocenters. The van der Waals surface area contributed by atoms with Crippen molar-refractivity contribution in [3.63, 3.8) is 0 Å². The van der Waals surface area contributed by atoms with Gasteiger partial charge in [0.15, 0.2) is 5.66 Å². The fourth-order valence-electron chi connectivity index (χ4n) is 2.05. The molecule has 7 heteroatoms. The largest absolute Gasteiger partial charge is 0.345 e. The molecule has 0 aliphatic carbocycles. The van der Waals surface area contributed by atoms with Gasteiger partial charge in [0.1, 0.15) is 0 Å². The Morgan fingerprint density at radius 3 is 2.10 bits per heavy atom. The SMILES string of the molecule is CCOP(=O)(OCC)C(c1ccccc1)C(C)[N+](=O)[O-]. The van der Waals surface area contributed by atoms with Crippen LogP contribution in [0.15, 0.2) is 30.3 Å². The van der Waals surface area contributed by atoms with Crippen LogP contribution in [0, 0.1) is 10.1 Å². The number of rotatable bonds is 8. The van der Waals surface area contributed by atoms with E-state index in [2.05, 4.69) is 0 Å². The maximum Gasteiger partial charge on any atom is 0.345 e. The van der Waals surface area contributed by atoms with E-state index in [0.29, 0.717) is 5.56 Å². The Kier molecular flexibility index (Phi) is 6.33. The summed E-state index contributed by atoms with van der Waals surface area (Å²) in [7, 11) is -3.60. The van der Waals surface area contributed by atoms with E-state index in [0.717, 1.165) is 0 Å². The minimum atomic E-state index is -3.60. The third-order valence-electron chi connectivity index (χ3n) is 2.89. The average Bonchev–Trinajstić information content (AvgIpc) is 2.40. The fraction of sp³-hybridized carbons (Fsp3) is 0.538. The van der Waals surface area contributed by atoms with Crippen molar-refractivity contribution in [2.24, 2.45) is 0 Å². The number of hydrogen-bond donors (Lipinski definition) is 0. The molecule has 1 aromatic rings. The van der Waals surface area contributed by atoms with Gasteiger partial charge >= 0.3 is 7.60 Å². The summed E-state index contributed by atoms with van der Waals surface area (Å²) in [6, 6.07) is 7.63. The minimum absolute atomic E-state index is 0.172. The van der Waals surface area contributed by atoms with E-state index >= 15 is 0 Å². The Morgan fingerprint density at radius 1 is 1.20 bits per heavy atom. The first-order valence-electron chi connectivity index (χ1n) is 6.53. The Labute approximate surface area is 118 Å². The Bertz CT molecular complexity index is 469. The topological polar surface area (TPSA) is 78.7 Å². The van der Waals surface area contributed by atoms with Crippen LogP contribution in [0.4, 0.5) is 0 Å². The predicted molar refractivity (Wildman–Crippen MR) is 76.5 cm³/mol. The zero-order valence-corrected chi connectivity index (χ0v) is 12.8. The fourth-order valence-corrected chi connectivity index (χ4v) is 4.34. The molecule has 1 rings (SSSR count). The van der Waals surface area contributed by atoms with Gasteiger partial charge in [-0.3, -0.25) is 14.7 Å². The van der Waals surface area contributed by atoms with Crippen molar-refractivity contribution in [3.8, 4) is 0 Å². The normalized spacial score (nSPS) is 14.8. The van der Waals surface area contributed by atoms with Gasteiger partial charge in [-0.2, -0.15) is 0 Å². The first-order valence-corrected chi connectivity index (χ1v) is 8.14. The van der Waals surface area contributed by atoms with Gasteiger partial charge in [0.05, 0.1) is 13.2 Å². The van der Waals surface area contributed by atoms with Gasteiger partial charge in [0, 0.05) is 11.8 Å². The lowest BCUT2D eigenvalue weighted by Gasteiger charge is -2.27. The summed E-state index contributed by atoms with van der Waals surface area (Å²) >= 11 is 0. The van der Waals surface area contributed by atoms with E-state index in [9.17, 15) is 14.7 Å². The number of benzene rings is 1. The molecule has 0 amide bonds. The Morgan fingerprint density at radius 2 is 1.70 bits per heavy atom. The highest BCUT2D eigenvalue weighted by Crippen LogP contribution is 2.62. The standard InChI is InChI=1S/C13H20NO5P/c1-4-18-20(17,19-5-2)13(11(3)14(15)16)12-9-7-6-8-10-12/h6-11,13H,4-5H2,1-3H3. The third-order valence-corrected chi connectivity index (χ3v) is 5.54. The molecule has 0 saturated heterocycles. The molecule has 2 atom stereocenters. The van der Waals surface area contributed by atoms with E-state index in [1.165, 1.54) is 6.92 Å². The van der Waals surface area contributed by atoms with E-state index in [4.69, 9.17) is 9.05 Å². The van der Waals surface area contributed by atoms with Gasteiger partial charge in [0.2, 0.25) is 6.04 Å². The van der Waals surface area contributed by atoms with Crippen molar-refractivity contribution in [1.29, 1.82) is 0 Å². The summed E-state index contributed by atoms with van der Waals surface area (Å²) in [6.07, 6.45) is 0. The second kappa shape index (κ2) is 7.53. The third kappa shape index (κ3) is 3.88. The molecule has 112 valence electrons. The summed E-state index contributed by atoms with van der Waals surface area (Å²) in [5.74, 6) is 0. The molecule has 20 heavy (non-hydrogen) atoms. The minimum Gasteiger partial charge on any atom is -0.308 e. The molecule has 0 bridgehead atoms. The van der Waals surface area contributed by atoms with Crippen molar-refractivity contribution >= 4 is 7.60 Å². The Hall–Kier alpha value is -1.23. The lowest BCUT2D eigenvalue weighted by Crippen LogP contribution is -2.26. The molecule has 6 nitrogen and oxygen atoms in total. The van der Waals surface area contributed by atoms with Crippen molar-refractivity contribution < 1.29 is 18.5 Å². The van der Waals surface area contributed by atoms with Crippen LogP contribution in [-0.4, -0.2) is 24.2 Å². The molecule has 0 aromatic heterocycles. The molecule has 0 saturated carbocycles. The summed E-state index contributed by atoms with van der Waals surface area (Å²) in [6.45, 7) is 5.13. The van der Waals surface area contributed by atoms with E-state index < -0.39 is 24.2 Å². The molecule has 0 aliphatic heterocycles. The highest BCUT2D eigenvalue weighted by molar-refractivity contribution is 7.54. The Balaban J connectivity index is 3.28. The zero-order chi connectivity index (χ0) is 15.2. The summed E-state index contributed by atoms with van der Waals surface area (Å²) in [5, 5.41) is 11.1. The molecule has 0 fully saturated rings. The first kappa shape index (κ1) is 16.8. The summed E-state index contributed by atoms with van der Waals surface area (Å²) in [5.41, 5.74) is -0.333. The molecule has 0 radical (unpaired) electrons. The number of nitrogens with zero attached hydrogens (tertiary/aromatic N) is 1. The van der Waals surface area contributed by atoms with Crippen LogP contribution >= 0.6 is 7.60 Å². The van der Waals surface area contributed by atoms with Gasteiger partial charge in [-0.25, -0.2) is 0 Å². The second-order valence-corrected chi connectivity index (χ2v) is 6.41. The van der Waals surface area contributed by atoms with Crippen LogP contribution < -0.4 is 0 Å². The van der Waals surface area contributed by atoms with Gasteiger partial charge in [0.25, 0.3) is 0 Å². The van der Waals surface area contributed by atoms with Crippen LogP contribution in [0.2, 0.25) is 0 Å². The van der Waals surface area contributed by atoms with E-state index in [-0.39, 0.29) is 13.2 Å².